The second-order valence-corrected chi connectivity index (χ2v) is 23.1. The summed E-state index contributed by atoms with van der Waals surface area (Å²) in [6.45, 7) is 6.50. The Morgan fingerprint density at radius 2 is 0.470 bits per heavy atom. The molecule has 0 aliphatic carbocycles. The molecule has 0 aromatic carbocycles. The lowest BCUT2D eigenvalue weighted by Gasteiger charge is -2.18. The van der Waals surface area contributed by atoms with E-state index in [2.05, 4.69) is 142 Å². The highest BCUT2D eigenvalue weighted by molar-refractivity contribution is 5.71. The van der Waals surface area contributed by atoms with Crippen molar-refractivity contribution in [3.63, 3.8) is 0 Å². The average molecular weight is 1150 g/mol. The van der Waals surface area contributed by atoms with Gasteiger partial charge in [0, 0.05) is 19.3 Å². The molecule has 0 N–H and O–H groups in total. The van der Waals surface area contributed by atoms with E-state index < -0.39 is 6.10 Å². The van der Waals surface area contributed by atoms with Gasteiger partial charge in [-0.05, 0) is 116 Å². The van der Waals surface area contributed by atoms with Crippen molar-refractivity contribution in [2.24, 2.45) is 0 Å². The summed E-state index contributed by atoms with van der Waals surface area (Å²) in [5.74, 6) is -0.916. The SMILES string of the molecule is CC/C=C\C/C=C\C/C=C\C/C=C\C/C=C\C/C=C\C/C=C\CCCCCC(=O)OC(COC(=O)CCCCCCCCCCCCC)COC(=O)CCCCCCCCCCCCCCCC/C=C\C/C=C\C/C=C\CCCCCCC. The van der Waals surface area contributed by atoms with Crippen LogP contribution >= 0.6 is 0 Å². The third-order valence-electron chi connectivity index (χ3n) is 15.0. The molecule has 0 spiro atoms. The Morgan fingerprint density at radius 1 is 0.253 bits per heavy atom. The first-order valence-electron chi connectivity index (χ1n) is 35.0. The van der Waals surface area contributed by atoms with Crippen LogP contribution in [0.25, 0.3) is 0 Å². The van der Waals surface area contributed by atoms with E-state index in [-0.39, 0.29) is 37.5 Å². The second kappa shape index (κ2) is 70.3. The highest BCUT2D eigenvalue weighted by Gasteiger charge is 2.19. The van der Waals surface area contributed by atoms with E-state index in [9.17, 15) is 14.4 Å². The lowest BCUT2D eigenvalue weighted by atomic mass is 10.0. The molecule has 6 heteroatoms. The minimum atomic E-state index is -0.798. The molecule has 0 amide bonds. The molecule has 83 heavy (non-hydrogen) atoms. The lowest BCUT2D eigenvalue weighted by Crippen LogP contribution is -2.30. The molecule has 0 heterocycles. The van der Waals surface area contributed by atoms with Crippen molar-refractivity contribution in [2.75, 3.05) is 13.2 Å². The lowest BCUT2D eigenvalue weighted by molar-refractivity contribution is -0.167. The van der Waals surface area contributed by atoms with Crippen molar-refractivity contribution >= 4 is 17.9 Å². The van der Waals surface area contributed by atoms with Gasteiger partial charge in [-0.3, -0.25) is 14.4 Å². The zero-order valence-electron chi connectivity index (χ0n) is 54.4. The Balaban J connectivity index is 4.30. The number of allylic oxidation sites excluding steroid dienone is 20. The van der Waals surface area contributed by atoms with Crippen LogP contribution < -0.4 is 0 Å². The molecule has 0 aliphatic rings. The molecule has 0 radical (unpaired) electrons. The van der Waals surface area contributed by atoms with Gasteiger partial charge in [0.15, 0.2) is 6.10 Å². The van der Waals surface area contributed by atoms with Crippen LogP contribution in [0.1, 0.15) is 329 Å². The van der Waals surface area contributed by atoms with Crippen LogP contribution in [-0.2, 0) is 28.6 Å². The minimum absolute atomic E-state index is 0.0910. The number of ether oxygens (including phenoxy) is 3. The molecular formula is C77H130O6. The number of esters is 3. The molecule has 0 saturated carbocycles. The topological polar surface area (TPSA) is 78.9 Å². The molecule has 1 unspecified atom stereocenters. The van der Waals surface area contributed by atoms with E-state index in [1.807, 2.05) is 0 Å². The fourth-order valence-corrected chi connectivity index (χ4v) is 9.73. The van der Waals surface area contributed by atoms with Gasteiger partial charge in [-0.15, -0.1) is 0 Å². The summed E-state index contributed by atoms with van der Waals surface area (Å²) in [6.07, 6.45) is 98.0. The fraction of sp³-hybridized carbons (Fsp3) is 0.701. The van der Waals surface area contributed by atoms with Crippen molar-refractivity contribution in [1.29, 1.82) is 0 Å². The first-order valence-corrected chi connectivity index (χ1v) is 35.0. The van der Waals surface area contributed by atoms with Crippen LogP contribution in [0.5, 0.6) is 0 Å². The van der Waals surface area contributed by atoms with Gasteiger partial charge in [0.25, 0.3) is 0 Å². The van der Waals surface area contributed by atoms with Crippen molar-refractivity contribution < 1.29 is 28.6 Å². The Hall–Kier alpha value is -4.19. The van der Waals surface area contributed by atoms with Crippen molar-refractivity contribution in [1.82, 2.24) is 0 Å². The zero-order chi connectivity index (χ0) is 59.9. The predicted octanol–water partition coefficient (Wildman–Crippen LogP) is 24.3. The fourth-order valence-electron chi connectivity index (χ4n) is 9.73. The number of unbranched alkanes of at least 4 members (excludes halogenated alkanes) is 32. The molecule has 474 valence electrons. The van der Waals surface area contributed by atoms with Crippen LogP contribution in [0.2, 0.25) is 0 Å². The number of hydrogen-bond donors (Lipinski definition) is 0. The monoisotopic (exact) mass is 1150 g/mol. The minimum Gasteiger partial charge on any atom is -0.462 e. The molecule has 0 bridgehead atoms. The van der Waals surface area contributed by atoms with E-state index in [1.54, 1.807) is 0 Å². The highest BCUT2D eigenvalue weighted by Crippen LogP contribution is 2.17. The molecular weight excluding hydrogens is 1020 g/mol. The third kappa shape index (κ3) is 68.5. The largest absolute Gasteiger partial charge is 0.462 e. The number of carbonyl (C=O) groups is 3. The van der Waals surface area contributed by atoms with Crippen LogP contribution in [-0.4, -0.2) is 37.2 Å². The number of rotatable bonds is 63. The zero-order valence-corrected chi connectivity index (χ0v) is 54.4. The summed E-state index contributed by atoms with van der Waals surface area (Å²) in [7, 11) is 0. The van der Waals surface area contributed by atoms with Gasteiger partial charge >= 0.3 is 17.9 Å². The maximum atomic E-state index is 12.9. The standard InChI is InChI=1S/C77H130O6/c1-4-7-10-13-16-19-22-24-26-28-30-32-34-36-37-38-39-41-42-44-46-48-50-52-55-58-61-64-67-70-76(79)82-73-74(72-81-75(78)69-66-63-60-57-54-21-18-15-12-9-6-3)83-77(80)71-68-65-62-59-56-53-51-49-47-45-43-40-35-33-31-29-27-25-23-20-17-14-11-8-5-2/h8,11,17,20,22,24-25,27-28,30-31,33-34,36,40,43,47,49,53,56,74H,4-7,9-10,12-16,18-19,21,23,26,29,32,35,37-39,41-42,44-46,48,50-52,54-55,57-73H2,1-3H3/b11-8-,20-17-,24-22-,27-25-,30-28-,33-31-,36-34-,43-40-,49-47-,56-53-. The summed E-state index contributed by atoms with van der Waals surface area (Å²) in [5.41, 5.74) is 0. The Labute approximate surface area is 513 Å². The van der Waals surface area contributed by atoms with Gasteiger partial charge in [-0.2, -0.15) is 0 Å². The van der Waals surface area contributed by atoms with Gasteiger partial charge in [0.05, 0.1) is 0 Å². The van der Waals surface area contributed by atoms with E-state index in [0.717, 1.165) is 122 Å². The van der Waals surface area contributed by atoms with Crippen molar-refractivity contribution in [3.05, 3.63) is 122 Å². The maximum Gasteiger partial charge on any atom is 0.306 e. The van der Waals surface area contributed by atoms with Crippen LogP contribution in [0.3, 0.4) is 0 Å². The summed E-state index contributed by atoms with van der Waals surface area (Å²) in [5, 5.41) is 0. The smallest absolute Gasteiger partial charge is 0.306 e. The molecule has 0 aromatic heterocycles. The first kappa shape index (κ1) is 78.8. The number of hydrogen-bond acceptors (Lipinski definition) is 6. The third-order valence-corrected chi connectivity index (χ3v) is 15.0. The molecule has 0 fully saturated rings. The Kier molecular flexibility index (Phi) is 66.7. The van der Waals surface area contributed by atoms with E-state index >= 15 is 0 Å². The quantitative estimate of drug-likeness (QED) is 0.0261. The highest BCUT2D eigenvalue weighted by atomic mass is 16.6. The second-order valence-electron chi connectivity index (χ2n) is 23.1. The molecule has 0 aliphatic heterocycles. The van der Waals surface area contributed by atoms with E-state index in [1.165, 1.54) is 167 Å². The van der Waals surface area contributed by atoms with Gasteiger partial charge < -0.3 is 14.2 Å². The van der Waals surface area contributed by atoms with Crippen LogP contribution in [0.4, 0.5) is 0 Å². The molecule has 0 rings (SSSR count). The molecule has 1 atom stereocenters. The Bertz CT molecular complexity index is 1700. The summed E-state index contributed by atoms with van der Waals surface area (Å²) in [6, 6.07) is 0. The summed E-state index contributed by atoms with van der Waals surface area (Å²) < 4.78 is 16.9. The normalized spacial score (nSPS) is 12.9. The number of carbonyl (C=O) groups excluding carboxylic acids is 3. The molecule has 0 saturated heterocycles. The van der Waals surface area contributed by atoms with Crippen LogP contribution in [0.15, 0.2) is 122 Å². The van der Waals surface area contributed by atoms with Gasteiger partial charge in [0.1, 0.15) is 13.2 Å². The van der Waals surface area contributed by atoms with E-state index in [4.69, 9.17) is 14.2 Å². The van der Waals surface area contributed by atoms with Crippen LogP contribution in [0, 0.1) is 0 Å². The van der Waals surface area contributed by atoms with Gasteiger partial charge in [0.2, 0.25) is 0 Å². The first-order chi connectivity index (χ1) is 41.0. The molecule has 6 nitrogen and oxygen atoms in total. The van der Waals surface area contributed by atoms with E-state index in [0.29, 0.717) is 12.8 Å². The van der Waals surface area contributed by atoms with Crippen molar-refractivity contribution in [3.8, 4) is 0 Å². The average Bonchev–Trinajstić information content (AvgIpc) is 3.48. The Morgan fingerprint density at radius 3 is 0.747 bits per heavy atom. The summed E-state index contributed by atoms with van der Waals surface area (Å²) in [4.78, 5) is 38.4. The van der Waals surface area contributed by atoms with Gasteiger partial charge in [-0.25, -0.2) is 0 Å². The maximum absolute atomic E-state index is 12.9. The van der Waals surface area contributed by atoms with Crippen molar-refractivity contribution in [2.45, 2.75) is 335 Å². The summed E-state index contributed by atoms with van der Waals surface area (Å²) >= 11 is 0. The molecule has 0 aromatic rings. The van der Waals surface area contributed by atoms with Gasteiger partial charge in [-0.1, -0.05) is 316 Å². The predicted molar refractivity (Wildman–Crippen MR) is 362 cm³/mol.